The summed E-state index contributed by atoms with van der Waals surface area (Å²) in [5.41, 5.74) is 0.525. The van der Waals surface area contributed by atoms with Crippen molar-refractivity contribution in [3.05, 3.63) is 23.6 Å². The van der Waals surface area contributed by atoms with Crippen molar-refractivity contribution >= 4 is 11.7 Å². The Kier molecular flexibility index (Phi) is 3.73. The van der Waals surface area contributed by atoms with Crippen LogP contribution in [0.3, 0.4) is 0 Å². The molecule has 1 fully saturated rings. The Bertz CT molecular complexity index is 488. The van der Waals surface area contributed by atoms with Crippen molar-refractivity contribution in [3.8, 4) is 0 Å². The van der Waals surface area contributed by atoms with Crippen LogP contribution in [0.2, 0.25) is 0 Å². The highest BCUT2D eigenvalue weighted by Crippen LogP contribution is 2.37. The zero-order chi connectivity index (χ0) is 14.0. The minimum absolute atomic E-state index is 0.162. The fourth-order valence-corrected chi connectivity index (χ4v) is 2.63. The first-order valence-electron chi connectivity index (χ1n) is 6.55. The molecule has 1 atom stereocenters. The Morgan fingerprint density at radius 1 is 1.53 bits per heavy atom. The van der Waals surface area contributed by atoms with Crippen molar-refractivity contribution in [1.82, 2.24) is 10.3 Å². The SMILES string of the molecule is CNc1ncc(F)cc1C(=O)NC1CCC(C)(C)C1. The Morgan fingerprint density at radius 2 is 2.26 bits per heavy atom. The molecule has 19 heavy (non-hydrogen) atoms. The van der Waals surface area contributed by atoms with Gasteiger partial charge in [-0.15, -0.1) is 0 Å². The summed E-state index contributed by atoms with van der Waals surface area (Å²) in [5, 5.41) is 5.77. The van der Waals surface area contributed by atoms with Gasteiger partial charge in [0, 0.05) is 13.1 Å². The van der Waals surface area contributed by atoms with E-state index >= 15 is 0 Å². The summed E-state index contributed by atoms with van der Waals surface area (Å²) in [7, 11) is 1.66. The van der Waals surface area contributed by atoms with Crippen molar-refractivity contribution in [2.45, 2.75) is 39.2 Å². The van der Waals surface area contributed by atoms with Gasteiger partial charge in [-0.05, 0) is 30.7 Å². The van der Waals surface area contributed by atoms with Gasteiger partial charge in [0.25, 0.3) is 5.91 Å². The average molecular weight is 265 g/mol. The molecule has 0 radical (unpaired) electrons. The maximum absolute atomic E-state index is 13.2. The Hall–Kier alpha value is -1.65. The normalized spacial score (nSPS) is 21.2. The van der Waals surface area contributed by atoms with Gasteiger partial charge in [-0.1, -0.05) is 13.8 Å². The molecule has 4 nitrogen and oxygen atoms in total. The van der Waals surface area contributed by atoms with Crippen LogP contribution in [-0.2, 0) is 0 Å². The average Bonchev–Trinajstić information content (AvgIpc) is 2.68. The number of amides is 1. The number of carbonyl (C=O) groups is 1. The lowest BCUT2D eigenvalue weighted by molar-refractivity contribution is 0.0936. The molecule has 2 rings (SSSR count). The monoisotopic (exact) mass is 265 g/mol. The number of pyridine rings is 1. The van der Waals surface area contributed by atoms with E-state index in [0.717, 1.165) is 25.5 Å². The summed E-state index contributed by atoms with van der Waals surface area (Å²) in [4.78, 5) is 16.1. The van der Waals surface area contributed by atoms with Crippen molar-refractivity contribution in [1.29, 1.82) is 0 Å². The maximum atomic E-state index is 13.2. The highest BCUT2D eigenvalue weighted by atomic mass is 19.1. The Balaban J connectivity index is 2.10. The lowest BCUT2D eigenvalue weighted by Gasteiger charge is -2.18. The number of aromatic nitrogens is 1. The van der Waals surface area contributed by atoms with E-state index in [2.05, 4.69) is 29.5 Å². The second-order valence-electron chi connectivity index (χ2n) is 5.88. The van der Waals surface area contributed by atoms with Crippen LogP contribution in [0.5, 0.6) is 0 Å². The lowest BCUT2D eigenvalue weighted by atomic mass is 9.92. The van der Waals surface area contributed by atoms with Gasteiger partial charge >= 0.3 is 0 Å². The fraction of sp³-hybridized carbons (Fsp3) is 0.571. The first-order valence-corrected chi connectivity index (χ1v) is 6.55. The van der Waals surface area contributed by atoms with Gasteiger partial charge in [0.15, 0.2) is 0 Å². The van der Waals surface area contributed by atoms with Crippen LogP contribution < -0.4 is 10.6 Å². The highest BCUT2D eigenvalue weighted by molar-refractivity contribution is 5.98. The quantitative estimate of drug-likeness (QED) is 0.883. The number of halogens is 1. The molecule has 1 aliphatic rings. The third kappa shape index (κ3) is 3.22. The van der Waals surface area contributed by atoms with Crippen molar-refractivity contribution < 1.29 is 9.18 Å². The van der Waals surface area contributed by atoms with E-state index in [4.69, 9.17) is 0 Å². The van der Waals surface area contributed by atoms with Crippen molar-refractivity contribution in [2.24, 2.45) is 5.41 Å². The molecule has 1 amide bonds. The van der Waals surface area contributed by atoms with Crippen LogP contribution in [-0.4, -0.2) is 24.0 Å². The zero-order valence-corrected chi connectivity index (χ0v) is 11.6. The number of rotatable bonds is 3. The third-order valence-corrected chi connectivity index (χ3v) is 3.64. The van der Waals surface area contributed by atoms with Crippen LogP contribution in [0.1, 0.15) is 43.5 Å². The van der Waals surface area contributed by atoms with Crippen LogP contribution in [0.15, 0.2) is 12.3 Å². The minimum atomic E-state index is -0.504. The topological polar surface area (TPSA) is 54.0 Å². The molecule has 1 unspecified atom stereocenters. The molecule has 0 aliphatic heterocycles. The number of hydrogen-bond donors (Lipinski definition) is 2. The largest absolute Gasteiger partial charge is 0.372 e. The summed E-state index contributed by atoms with van der Waals surface area (Å²) in [5.74, 6) is -0.369. The molecule has 0 spiro atoms. The van der Waals surface area contributed by atoms with E-state index in [-0.39, 0.29) is 22.9 Å². The number of carbonyl (C=O) groups excluding carboxylic acids is 1. The highest BCUT2D eigenvalue weighted by Gasteiger charge is 2.32. The van der Waals surface area contributed by atoms with Crippen LogP contribution in [0.4, 0.5) is 10.2 Å². The van der Waals surface area contributed by atoms with E-state index in [0.29, 0.717) is 5.82 Å². The Labute approximate surface area is 112 Å². The van der Waals surface area contributed by atoms with Crippen LogP contribution in [0, 0.1) is 11.2 Å². The molecule has 1 heterocycles. The van der Waals surface area contributed by atoms with Gasteiger partial charge in [0.05, 0.1) is 11.8 Å². The molecular formula is C14H20FN3O. The van der Waals surface area contributed by atoms with E-state index < -0.39 is 5.82 Å². The molecule has 0 saturated heterocycles. The molecule has 1 aromatic heterocycles. The molecule has 0 bridgehead atoms. The van der Waals surface area contributed by atoms with Crippen LogP contribution >= 0.6 is 0 Å². The molecule has 0 aromatic carbocycles. The minimum Gasteiger partial charge on any atom is -0.372 e. The van der Waals surface area contributed by atoms with E-state index in [1.807, 2.05) is 0 Å². The summed E-state index contributed by atoms with van der Waals surface area (Å²) < 4.78 is 13.2. The van der Waals surface area contributed by atoms with Gasteiger partial charge < -0.3 is 10.6 Å². The summed E-state index contributed by atoms with van der Waals surface area (Å²) >= 11 is 0. The predicted molar refractivity (Wildman–Crippen MR) is 72.6 cm³/mol. The molecule has 1 aliphatic carbocycles. The third-order valence-electron chi connectivity index (χ3n) is 3.64. The standard InChI is InChI=1S/C14H20FN3O/c1-14(2)5-4-10(7-14)18-13(19)11-6-9(15)8-17-12(11)16-3/h6,8,10H,4-5,7H2,1-3H3,(H,16,17)(H,18,19). The first kappa shape index (κ1) is 13.8. The van der Waals surface area contributed by atoms with Gasteiger partial charge in [0.2, 0.25) is 0 Å². The summed E-state index contributed by atoms with van der Waals surface area (Å²) in [6.07, 6.45) is 4.12. The second-order valence-corrected chi connectivity index (χ2v) is 5.88. The number of hydrogen-bond acceptors (Lipinski definition) is 3. The van der Waals surface area contributed by atoms with Gasteiger partial charge in [-0.2, -0.15) is 0 Å². The molecule has 2 N–H and O–H groups in total. The van der Waals surface area contributed by atoms with E-state index in [1.165, 1.54) is 6.07 Å². The van der Waals surface area contributed by atoms with Crippen molar-refractivity contribution in [3.63, 3.8) is 0 Å². The van der Waals surface area contributed by atoms with E-state index in [1.54, 1.807) is 7.05 Å². The number of nitrogens with zero attached hydrogens (tertiary/aromatic N) is 1. The summed E-state index contributed by atoms with van der Waals surface area (Å²) in [6, 6.07) is 1.38. The molecular weight excluding hydrogens is 245 g/mol. The molecule has 104 valence electrons. The summed E-state index contributed by atoms with van der Waals surface area (Å²) in [6.45, 7) is 4.39. The van der Waals surface area contributed by atoms with E-state index in [9.17, 15) is 9.18 Å². The van der Waals surface area contributed by atoms with Gasteiger partial charge in [-0.3, -0.25) is 4.79 Å². The van der Waals surface area contributed by atoms with Gasteiger partial charge in [-0.25, -0.2) is 9.37 Å². The van der Waals surface area contributed by atoms with Crippen LogP contribution in [0.25, 0.3) is 0 Å². The first-order chi connectivity index (χ1) is 8.91. The number of anilines is 1. The maximum Gasteiger partial charge on any atom is 0.255 e. The molecule has 5 heteroatoms. The van der Waals surface area contributed by atoms with Gasteiger partial charge in [0.1, 0.15) is 11.6 Å². The van der Waals surface area contributed by atoms with Crippen molar-refractivity contribution in [2.75, 3.05) is 12.4 Å². The predicted octanol–water partition coefficient (Wildman–Crippen LogP) is 2.57. The lowest BCUT2D eigenvalue weighted by Crippen LogP contribution is -2.34. The Morgan fingerprint density at radius 3 is 2.84 bits per heavy atom. The smallest absolute Gasteiger partial charge is 0.255 e. The molecule has 1 aromatic rings. The fourth-order valence-electron chi connectivity index (χ4n) is 2.63. The zero-order valence-electron chi connectivity index (χ0n) is 11.6. The number of nitrogens with one attached hydrogen (secondary N) is 2. The molecule has 1 saturated carbocycles. The second kappa shape index (κ2) is 5.15.